The second-order valence-electron chi connectivity index (χ2n) is 4.58. The van der Waals surface area contributed by atoms with E-state index in [4.69, 9.17) is 23.2 Å². The Morgan fingerprint density at radius 3 is 2.50 bits per heavy atom. The highest BCUT2D eigenvalue weighted by Crippen LogP contribution is 2.35. The number of piperazine rings is 1. The largest absolute Gasteiger partial charge is 0.314 e. The van der Waals surface area contributed by atoms with Crippen molar-refractivity contribution in [2.24, 2.45) is 0 Å². The molecule has 0 saturated carbocycles. The van der Waals surface area contributed by atoms with E-state index in [9.17, 15) is 4.39 Å². The molecular formula is C14H18Cl3FN2. The summed E-state index contributed by atoms with van der Waals surface area (Å²) in [5, 5.41) is 3.82. The van der Waals surface area contributed by atoms with E-state index in [2.05, 4.69) is 16.8 Å². The Balaban J connectivity index is 0.00000200. The van der Waals surface area contributed by atoms with E-state index < -0.39 is 5.82 Å². The predicted molar refractivity (Wildman–Crippen MR) is 85.7 cm³/mol. The van der Waals surface area contributed by atoms with Gasteiger partial charge in [-0.2, -0.15) is 0 Å². The first kappa shape index (κ1) is 17.7. The summed E-state index contributed by atoms with van der Waals surface area (Å²) >= 11 is 12.1. The molecule has 1 aromatic carbocycles. The van der Waals surface area contributed by atoms with Crippen LogP contribution in [0.5, 0.6) is 0 Å². The van der Waals surface area contributed by atoms with Crippen molar-refractivity contribution in [3.05, 3.63) is 46.2 Å². The number of rotatable bonds is 4. The highest BCUT2D eigenvalue weighted by molar-refractivity contribution is 6.33. The molecule has 0 unspecified atom stereocenters. The van der Waals surface area contributed by atoms with Crippen LogP contribution < -0.4 is 5.32 Å². The Morgan fingerprint density at radius 2 is 1.90 bits per heavy atom. The maximum absolute atomic E-state index is 14.3. The number of hydrogen-bond acceptors (Lipinski definition) is 2. The van der Waals surface area contributed by atoms with E-state index in [1.807, 2.05) is 0 Å². The molecule has 20 heavy (non-hydrogen) atoms. The minimum Gasteiger partial charge on any atom is -0.314 e. The van der Waals surface area contributed by atoms with Gasteiger partial charge in [-0.3, -0.25) is 4.90 Å². The lowest BCUT2D eigenvalue weighted by Crippen LogP contribution is -2.45. The molecule has 2 rings (SSSR count). The maximum Gasteiger partial charge on any atom is 0.148 e. The molecule has 6 heteroatoms. The molecule has 0 spiro atoms. The quantitative estimate of drug-likeness (QED) is 0.657. The molecule has 1 aromatic rings. The van der Waals surface area contributed by atoms with Gasteiger partial charge in [0.05, 0.1) is 5.02 Å². The topological polar surface area (TPSA) is 15.3 Å². The highest BCUT2D eigenvalue weighted by atomic mass is 35.5. The molecule has 1 saturated heterocycles. The molecule has 0 amide bonds. The molecule has 1 heterocycles. The van der Waals surface area contributed by atoms with Gasteiger partial charge >= 0.3 is 0 Å². The molecule has 0 radical (unpaired) electrons. The Morgan fingerprint density at radius 1 is 1.30 bits per heavy atom. The van der Waals surface area contributed by atoms with E-state index in [1.54, 1.807) is 12.1 Å². The van der Waals surface area contributed by atoms with Crippen molar-refractivity contribution in [3.8, 4) is 0 Å². The van der Waals surface area contributed by atoms with Crippen molar-refractivity contribution >= 4 is 35.6 Å². The Bertz CT molecular complexity index is 462. The lowest BCUT2D eigenvalue weighted by molar-refractivity contribution is 0.171. The highest BCUT2D eigenvalue weighted by Gasteiger charge is 2.26. The summed E-state index contributed by atoms with van der Waals surface area (Å²) in [6.07, 6.45) is 2.44. The van der Waals surface area contributed by atoms with Gasteiger partial charge < -0.3 is 5.32 Å². The molecule has 0 aromatic heterocycles. The molecule has 1 fully saturated rings. The lowest BCUT2D eigenvalue weighted by atomic mass is 10.0. The average Bonchev–Trinajstić information content (AvgIpc) is 2.43. The third-order valence-corrected chi connectivity index (χ3v) is 4.02. The molecule has 1 N–H and O–H groups in total. The first-order valence-corrected chi connectivity index (χ1v) is 7.09. The fourth-order valence-corrected chi connectivity index (χ4v) is 2.89. The van der Waals surface area contributed by atoms with Crippen LogP contribution in [0.2, 0.25) is 10.0 Å². The summed E-state index contributed by atoms with van der Waals surface area (Å²) in [6, 6.07) is 3.04. The average molecular weight is 340 g/mol. The van der Waals surface area contributed by atoms with Crippen LogP contribution in [0.4, 0.5) is 4.39 Å². The minimum absolute atomic E-state index is 0. The van der Waals surface area contributed by atoms with Gasteiger partial charge in [0.15, 0.2) is 0 Å². The van der Waals surface area contributed by atoms with Gasteiger partial charge in [0.2, 0.25) is 0 Å². The summed E-state index contributed by atoms with van der Waals surface area (Å²) in [5.74, 6) is -0.417. The number of halogens is 4. The smallest absolute Gasteiger partial charge is 0.148 e. The van der Waals surface area contributed by atoms with Crippen molar-refractivity contribution < 1.29 is 4.39 Å². The summed E-state index contributed by atoms with van der Waals surface area (Å²) < 4.78 is 14.3. The number of nitrogens with zero attached hydrogens (tertiary/aromatic N) is 1. The molecule has 0 aliphatic carbocycles. The van der Waals surface area contributed by atoms with Crippen LogP contribution in [0.25, 0.3) is 0 Å². The van der Waals surface area contributed by atoms with E-state index in [1.165, 1.54) is 6.07 Å². The number of nitrogens with one attached hydrogen (secondary N) is 1. The fraction of sp³-hybridized carbons (Fsp3) is 0.429. The van der Waals surface area contributed by atoms with Crippen molar-refractivity contribution in [3.63, 3.8) is 0 Å². The van der Waals surface area contributed by atoms with Crippen LogP contribution in [-0.4, -0.2) is 31.1 Å². The summed E-state index contributed by atoms with van der Waals surface area (Å²) in [7, 11) is 0. The standard InChI is InChI=1S/C14H17Cl2FN2.ClH/c1-2-3-12(19-8-6-18-7-9-19)13-10(15)4-5-11(16)14(13)17;/h2,4-5,12,18H,1,3,6-9H2;1H/t12-;/m1./s1. The van der Waals surface area contributed by atoms with Gasteiger partial charge in [-0.05, 0) is 18.6 Å². The zero-order valence-electron chi connectivity index (χ0n) is 11.0. The second kappa shape index (κ2) is 8.20. The zero-order valence-corrected chi connectivity index (χ0v) is 13.4. The summed E-state index contributed by atoms with van der Waals surface area (Å²) in [5.41, 5.74) is 0.482. The zero-order chi connectivity index (χ0) is 13.8. The second-order valence-corrected chi connectivity index (χ2v) is 5.40. The predicted octanol–water partition coefficient (Wildman–Crippen LogP) is 4.08. The van der Waals surface area contributed by atoms with Gasteiger partial charge in [-0.15, -0.1) is 19.0 Å². The Kier molecular flexibility index (Phi) is 7.27. The molecule has 1 aliphatic rings. The van der Waals surface area contributed by atoms with E-state index in [-0.39, 0.29) is 23.5 Å². The first-order valence-electron chi connectivity index (χ1n) is 6.34. The van der Waals surface area contributed by atoms with Gasteiger partial charge in [0.25, 0.3) is 0 Å². The first-order chi connectivity index (χ1) is 9.15. The third-order valence-electron chi connectivity index (χ3n) is 3.39. The van der Waals surface area contributed by atoms with E-state index in [0.29, 0.717) is 17.0 Å². The van der Waals surface area contributed by atoms with Crippen LogP contribution in [0.1, 0.15) is 18.0 Å². The van der Waals surface area contributed by atoms with Crippen molar-refractivity contribution in [2.45, 2.75) is 12.5 Å². The van der Waals surface area contributed by atoms with E-state index in [0.717, 1.165) is 26.2 Å². The SMILES string of the molecule is C=CC[C@H](c1c(Cl)ccc(Cl)c1F)N1CCNCC1.Cl. The minimum atomic E-state index is -0.417. The fourth-order valence-electron chi connectivity index (χ4n) is 2.45. The monoisotopic (exact) mass is 338 g/mol. The van der Waals surface area contributed by atoms with Crippen molar-refractivity contribution in [1.82, 2.24) is 10.2 Å². The molecule has 1 aliphatic heterocycles. The third kappa shape index (κ3) is 3.86. The molecule has 0 bridgehead atoms. The lowest BCUT2D eigenvalue weighted by Gasteiger charge is -2.35. The maximum atomic E-state index is 14.3. The normalized spacial score (nSPS) is 17.4. The van der Waals surface area contributed by atoms with Crippen LogP contribution in [0, 0.1) is 5.82 Å². The molecular weight excluding hydrogens is 322 g/mol. The van der Waals surface area contributed by atoms with Gasteiger partial charge in [-0.1, -0.05) is 29.3 Å². The molecule has 2 nitrogen and oxygen atoms in total. The van der Waals surface area contributed by atoms with Crippen LogP contribution in [0.15, 0.2) is 24.8 Å². The van der Waals surface area contributed by atoms with Crippen LogP contribution in [0.3, 0.4) is 0 Å². The van der Waals surface area contributed by atoms with Crippen molar-refractivity contribution in [1.29, 1.82) is 0 Å². The molecule has 112 valence electrons. The van der Waals surface area contributed by atoms with E-state index >= 15 is 0 Å². The van der Waals surface area contributed by atoms with Gasteiger partial charge in [-0.25, -0.2) is 4.39 Å². The summed E-state index contributed by atoms with van der Waals surface area (Å²) in [6.45, 7) is 7.28. The van der Waals surface area contributed by atoms with Crippen molar-refractivity contribution in [2.75, 3.05) is 26.2 Å². The van der Waals surface area contributed by atoms with Gasteiger partial charge in [0.1, 0.15) is 5.82 Å². The Labute approximate surface area is 135 Å². The Hall–Kier alpha value is -0.320. The van der Waals surface area contributed by atoms with Crippen LogP contribution >= 0.6 is 35.6 Å². The number of benzene rings is 1. The molecule has 1 atom stereocenters. The van der Waals surface area contributed by atoms with Crippen LogP contribution in [-0.2, 0) is 0 Å². The number of hydrogen-bond donors (Lipinski definition) is 1. The summed E-state index contributed by atoms with van der Waals surface area (Å²) in [4.78, 5) is 2.22. The van der Waals surface area contributed by atoms with Gasteiger partial charge in [0, 0.05) is 42.8 Å².